The highest BCUT2D eigenvalue weighted by atomic mass is 32.2. The third-order valence-corrected chi connectivity index (χ3v) is 6.57. The summed E-state index contributed by atoms with van der Waals surface area (Å²) in [6.45, 7) is 4.17. The van der Waals surface area contributed by atoms with E-state index in [0.29, 0.717) is 10.9 Å². The highest BCUT2D eigenvalue weighted by molar-refractivity contribution is 8.01. The first-order valence-corrected chi connectivity index (χ1v) is 9.21. The molecule has 2 aliphatic heterocycles. The SMILES string of the molecule is N#Cc1ccccc1CN1CC2(CC(OCC3CC3)CS2)C1. The Hall–Kier alpha value is -1.02. The quantitative estimate of drug-likeness (QED) is 0.837. The van der Waals surface area contributed by atoms with Crippen molar-refractivity contribution in [1.82, 2.24) is 4.90 Å². The maximum Gasteiger partial charge on any atom is 0.0995 e. The van der Waals surface area contributed by atoms with Crippen LogP contribution in [0.2, 0.25) is 0 Å². The molecule has 1 unspecified atom stereocenters. The van der Waals surface area contributed by atoms with Crippen LogP contribution >= 0.6 is 11.8 Å². The second kappa shape index (κ2) is 5.88. The zero-order valence-corrected chi connectivity index (χ0v) is 13.6. The fourth-order valence-corrected chi connectivity index (χ4v) is 5.18. The Bertz CT molecular complexity index is 587. The Morgan fingerprint density at radius 3 is 2.91 bits per heavy atom. The first-order chi connectivity index (χ1) is 10.8. The van der Waals surface area contributed by atoms with Gasteiger partial charge in [-0.25, -0.2) is 0 Å². The summed E-state index contributed by atoms with van der Waals surface area (Å²) in [5, 5.41) is 9.18. The maximum absolute atomic E-state index is 9.18. The van der Waals surface area contributed by atoms with Gasteiger partial charge < -0.3 is 4.74 Å². The standard InChI is InChI=1S/C18H22N2OS/c19-8-15-3-1-2-4-16(15)9-20-12-18(13-20)7-17(11-22-18)21-10-14-5-6-14/h1-4,14,17H,5-7,9-13H2. The number of benzene rings is 1. The third kappa shape index (κ3) is 3.03. The first-order valence-electron chi connectivity index (χ1n) is 8.22. The van der Waals surface area contributed by atoms with Crippen LogP contribution in [0.3, 0.4) is 0 Å². The Morgan fingerprint density at radius 2 is 2.14 bits per heavy atom. The molecule has 3 nitrogen and oxygen atoms in total. The van der Waals surface area contributed by atoms with E-state index >= 15 is 0 Å². The van der Waals surface area contributed by atoms with Crippen molar-refractivity contribution in [2.45, 2.75) is 36.7 Å². The number of likely N-dealkylation sites (tertiary alicyclic amines) is 1. The normalized spacial score (nSPS) is 26.8. The molecule has 1 aromatic rings. The summed E-state index contributed by atoms with van der Waals surface area (Å²) in [5.74, 6) is 2.02. The summed E-state index contributed by atoms with van der Waals surface area (Å²) in [5.41, 5.74) is 1.97. The van der Waals surface area contributed by atoms with Gasteiger partial charge in [0.15, 0.2) is 0 Å². The summed E-state index contributed by atoms with van der Waals surface area (Å²) in [6.07, 6.45) is 4.42. The van der Waals surface area contributed by atoms with Crippen LogP contribution in [0.25, 0.3) is 0 Å². The van der Waals surface area contributed by atoms with E-state index in [4.69, 9.17) is 4.74 Å². The van der Waals surface area contributed by atoms with Crippen LogP contribution in [0.1, 0.15) is 30.4 Å². The Labute approximate surface area is 136 Å². The second-order valence-electron chi connectivity index (χ2n) is 7.01. The van der Waals surface area contributed by atoms with Crippen LogP contribution in [0.4, 0.5) is 0 Å². The Kier molecular flexibility index (Phi) is 3.89. The molecular weight excluding hydrogens is 292 g/mol. The van der Waals surface area contributed by atoms with Gasteiger partial charge in [0, 0.05) is 36.7 Å². The van der Waals surface area contributed by atoms with Crippen molar-refractivity contribution in [2.75, 3.05) is 25.4 Å². The average molecular weight is 314 g/mol. The zero-order valence-electron chi connectivity index (χ0n) is 12.8. The van der Waals surface area contributed by atoms with Crippen molar-refractivity contribution >= 4 is 11.8 Å². The van der Waals surface area contributed by atoms with Crippen LogP contribution in [0, 0.1) is 17.2 Å². The van der Waals surface area contributed by atoms with Crippen LogP contribution in [0.5, 0.6) is 0 Å². The Morgan fingerprint density at radius 1 is 1.32 bits per heavy atom. The van der Waals surface area contributed by atoms with E-state index in [1.807, 2.05) is 18.2 Å². The molecule has 1 spiro atoms. The molecule has 1 saturated carbocycles. The van der Waals surface area contributed by atoms with Gasteiger partial charge in [0.25, 0.3) is 0 Å². The number of hydrogen-bond acceptors (Lipinski definition) is 4. The highest BCUT2D eigenvalue weighted by Crippen LogP contribution is 2.46. The number of rotatable bonds is 5. The van der Waals surface area contributed by atoms with E-state index in [9.17, 15) is 5.26 Å². The fraction of sp³-hybridized carbons (Fsp3) is 0.611. The molecule has 116 valence electrons. The molecule has 2 heterocycles. The van der Waals surface area contributed by atoms with E-state index in [1.54, 1.807) is 0 Å². The average Bonchev–Trinajstić information content (AvgIpc) is 3.24. The molecule has 4 heteroatoms. The minimum absolute atomic E-state index is 0.426. The Balaban J connectivity index is 1.28. The highest BCUT2D eigenvalue weighted by Gasteiger charge is 2.49. The third-order valence-electron chi connectivity index (χ3n) is 4.99. The van der Waals surface area contributed by atoms with Crippen LogP contribution in [0.15, 0.2) is 24.3 Å². The molecule has 1 aromatic carbocycles. The lowest BCUT2D eigenvalue weighted by Crippen LogP contribution is -2.58. The van der Waals surface area contributed by atoms with Gasteiger partial charge in [-0.3, -0.25) is 4.90 Å². The van der Waals surface area contributed by atoms with E-state index in [0.717, 1.165) is 49.0 Å². The van der Waals surface area contributed by atoms with Crippen molar-refractivity contribution in [3.05, 3.63) is 35.4 Å². The fourth-order valence-electron chi connectivity index (χ4n) is 3.58. The van der Waals surface area contributed by atoms with Crippen molar-refractivity contribution in [2.24, 2.45) is 5.92 Å². The van der Waals surface area contributed by atoms with E-state index in [1.165, 1.54) is 19.3 Å². The van der Waals surface area contributed by atoms with Gasteiger partial charge in [-0.15, -0.1) is 11.8 Å². The van der Waals surface area contributed by atoms with Crippen LogP contribution in [-0.4, -0.2) is 41.2 Å². The molecule has 0 amide bonds. The van der Waals surface area contributed by atoms with E-state index in [-0.39, 0.29) is 0 Å². The largest absolute Gasteiger partial charge is 0.377 e. The lowest BCUT2D eigenvalue weighted by molar-refractivity contribution is 0.0305. The number of thioether (sulfide) groups is 1. The van der Waals surface area contributed by atoms with Gasteiger partial charge in [-0.05, 0) is 36.8 Å². The maximum atomic E-state index is 9.18. The van der Waals surface area contributed by atoms with Gasteiger partial charge in [0.05, 0.1) is 17.7 Å². The molecule has 3 aliphatic rings. The molecule has 3 fully saturated rings. The smallest absolute Gasteiger partial charge is 0.0995 e. The van der Waals surface area contributed by atoms with Crippen LogP contribution in [-0.2, 0) is 11.3 Å². The summed E-state index contributed by atoms with van der Waals surface area (Å²) in [6, 6.07) is 10.3. The van der Waals surface area contributed by atoms with Gasteiger partial charge in [0.2, 0.25) is 0 Å². The van der Waals surface area contributed by atoms with Gasteiger partial charge in [0.1, 0.15) is 0 Å². The van der Waals surface area contributed by atoms with Crippen molar-refractivity contribution in [3.63, 3.8) is 0 Å². The minimum Gasteiger partial charge on any atom is -0.377 e. The lowest BCUT2D eigenvalue weighted by atomic mass is 9.92. The molecule has 0 bridgehead atoms. The molecule has 4 rings (SSSR count). The van der Waals surface area contributed by atoms with Gasteiger partial charge in [-0.2, -0.15) is 5.26 Å². The summed E-state index contributed by atoms with van der Waals surface area (Å²) in [4.78, 5) is 2.46. The molecular formula is C18H22N2OS. The summed E-state index contributed by atoms with van der Waals surface area (Å²) >= 11 is 2.10. The monoisotopic (exact) mass is 314 g/mol. The predicted octanol–water partition coefficient (Wildman–Crippen LogP) is 3.04. The van der Waals surface area contributed by atoms with Crippen molar-refractivity contribution < 1.29 is 4.74 Å². The van der Waals surface area contributed by atoms with E-state index < -0.39 is 0 Å². The predicted molar refractivity (Wildman–Crippen MR) is 88.7 cm³/mol. The van der Waals surface area contributed by atoms with Crippen LogP contribution < -0.4 is 0 Å². The molecule has 0 aromatic heterocycles. The second-order valence-corrected chi connectivity index (χ2v) is 8.50. The van der Waals surface area contributed by atoms with Crippen molar-refractivity contribution in [1.29, 1.82) is 5.26 Å². The number of nitrogens with zero attached hydrogens (tertiary/aromatic N) is 2. The van der Waals surface area contributed by atoms with Gasteiger partial charge in [-0.1, -0.05) is 18.2 Å². The summed E-state index contributed by atoms with van der Waals surface area (Å²) < 4.78 is 6.49. The number of nitriles is 1. The van der Waals surface area contributed by atoms with Gasteiger partial charge >= 0.3 is 0 Å². The minimum atomic E-state index is 0.426. The van der Waals surface area contributed by atoms with Crippen molar-refractivity contribution in [3.8, 4) is 6.07 Å². The molecule has 0 radical (unpaired) electrons. The molecule has 2 saturated heterocycles. The molecule has 1 atom stereocenters. The molecule has 22 heavy (non-hydrogen) atoms. The number of hydrogen-bond donors (Lipinski definition) is 0. The number of ether oxygens (including phenoxy) is 1. The summed E-state index contributed by atoms with van der Waals surface area (Å²) in [7, 11) is 0. The zero-order chi connectivity index (χ0) is 15.0. The first kappa shape index (κ1) is 14.6. The topological polar surface area (TPSA) is 36.3 Å². The molecule has 0 N–H and O–H groups in total. The molecule has 1 aliphatic carbocycles. The lowest BCUT2D eigenvalue weighted by Gasteiger charge is -2.47. The van der Waals surface area contributed by atoms with E-state index in [2.05, 4.69) is 28.8 Å².